The Morgan fingerprint density at radius 2 is 1.85 bits per heavy atom. The average Bonchev–Trinajstić information content (AvgIpc) is 1.78. The zero-order chi connectivity index (χ0) is 10.2. The maximum Gasteiger partial charge on any atom is 0.417 e. The Labute approximate surface area is 75.4 Å². The van der Waals surface area contributed by atoms with Crippen molar-refractivity contribution >= 4 is 13.4 Å². The first-order chi connectivity index (χ1) is 5.82. The van der Waals surface area contributed by atoms with Crippen LogP contribution >= 0.6 is 0 Å². The molecule has 2 radical (unpaired) electrons. The molecule has 0 fully saturated rings. The predicted octanol–water partition coefficient (Wildman–Crippen LogP) is 1.51. The molecule has 0 unspecified atom stereocenters. The molecular formula is C8H7BF3N. The highest BCUT2D eigenvalue weighted by atomic mass is 19.4. The average molecular weight is 185 g/mol. The molecule has 0 amide bonds. The van der Waals surface area contributed by atoms with Gasteiger partial charge in [0.2, 0.25) is 0 Å². The number of hydrogen-bond donors (Lipinski definition) is 0. The molecule has 0 aliphatic rings. The van der Waals surface area contributed by atoms with Crippen molar-refractivity contribution in [3.8, 4) is 0 Å². The Morgan fingerprint density at radius 3 is 2.23 bits per heavy atom. The molecule has 1 heterocycles. The molecule has 13 heavy (non-hydrogen) atoms. The second kappa shape index (κ2) is 3.05. The first-order valence-electron chi connectivity index (χ1n) is 3.63. The van der Waals surface area contributed by atoms with Crippen LogP contribution in [0, 0.1) is 13.8 Å². The van der Waals surface area contributed by atoms with Crippen LogP contribution < -0.4 is 5.59 Å². The number of halogens is 3. The zero-order valence-electron chi connectivity index (χ0n) is 7.24. The SMILES string of the molecule is [B]c1nc(C)cc(C)c1C(F)(F)F. The minimum absolute atomic E-state index is 0.109. The summed E-state index contributed by atoms with van der Waals surface area (Å²) in [5.74, 6) is 0. The molecule has 0 bridgehead atoms. The Hall–Kier alpha value is -0.995. The summed E-state index contributed by atoms with van der Waals surface area (Å²) in [5, 5.41) is 0. The zero-order valence-corrected chi connectivity index (χ0v) is 7.24. The van der Waals surface area contributed by atoms with E-state index >= 15 is 0 Å². The summed E-state index contributed by atoms with van der Waals surface area (Å²) < 4.78 is 37.0. The van der Waals surface area contributed by atoms with Gasteiger partial charge < -0.3 is 0 Å². The molecule has 0 N–H and O–H groups in total. The van der Waals surface area contributed by atoms with Crippen molar-refractivity contribution in [1.29, 1.82) is 0 Å². The van der Waals surface area contributed by atoms with Crippen molar-refractivity contribution in [2.45, 2.75) is 20.0 Å². The van der Waals surface area contributed by atoms with Gasteiger partial charge in [-0.2, -0.15) is 13.2 Å². The monoisotopic (exact) mass is 185 g/mol. The standard InChI is InChI=1S/C8H7BF3N/c1-4-3-5(2)13-7(9)6(4)8(10,11)12/h3H,1-2H3. The van der Waals surface area contributed by atoms with Crippen LogP contribution in [-0.4, -0.2) is 12.8 Å². The van der Waals surface area contributed by atoms with Gasteiger partial charge in [0.05, 0.1) is 5.56 Å². The lowest BCUT2D eigenvalue weighted by molar-refractivity contribution is -0.137. The smallest absolute Gasteiger partial charge is 0.269 e. The Kier molecular flexibility index (Phi) is 2.37. The van der Waals surface area contributed by atoms with E-state index in [1.54, 1.807) is 6.92 Å². The fraction of sp³-hybridized carbons (Fsp3) is 0.375. The largest absolute Gasteiger partial charge is 0.417 e. The molecule has 0 aromatic carbocycles. The van der Waals surface area contributed by atoms with Gasteiger partial charge in [0, 0.05) is 11.3 Å². The molecule has 1 aromatic rings. The van der Waals surface area contributed by atoms with Crippen LogP contribution in [0.1, 0.15) is 16.8 Å². The highest BCUT2D eigenvalue weighted by molar-refractivity contribution is 6.31. The molecule has 0 saturated heterocycles. The van der Waals surface area contributed by atoms with Crippen molar-refractivity contribution in [1.82, 2.24) is 4.98 Å². The van der Waals surface area contributed by atoms with E-state index in [0.29, 0.717) is 5.69 Å². The molecular weight excluding hydrogens is 178 g/mol. The van der Waals surface area contributed by atoms with Crippen molar-refractivity contribution in [2.75, 3.05) is 0 Å². The fourth-order valence-corrected chi connectivity index (χ4v) is 1.23. The van der Waals surface area contributed by atoms with Gasteiger partial charge in [-0.1, -0.05) is 0 Å². The summed E-state index contributed by atoms with van der Waals surface area (Å²) in [4.78, 5) is 3.56. The van der Waals surface area contributed by atoms with E-state index in [2.05, 4.69) is 4.98 Å². The van der Waals surface area contributed by atoms with Gasteiger partial charge in [0.1, 0.15) is 7.85 Å². The van der Waals surface area contributed by atoms with Crippen LogP contribution in [0.5, 0.6) is 0 Å². The van der Waals surface area contributed by atoms with Crippen LogP contribution in [0.15, 0.2) is 6.07 Å². The van der Waals surface area contributed by atoms with E-state index in [4.69, 9.17) is 7.85 Å². The summed E-state index contributed by atoms with van der Waals surface area (Å²) in [6, 6.07) is 1.36. The molecule has 1 aromatic heterocycles. The van der Waals surface area contributed by atoms with Crippen LogP contribution in [0.2, 0.25) is 0 Å². The molecule has 0 aliphatic heterocycles. The third kappa shape index (κ3) is 2.02. The quantitative estimate of drug-likeness (QED) is 0.558. The highest BCUT2D eigenvalue weighted by Crippen LogP contribution is 2.29. The lowest BCUT2D eigenvalue weighted by Gasteiger charge is -2.13. The molecule has 68 valence electrons. The second-order valence-electron chi connectivity index (χ2n) is 2.84. The lowest BCUT2D eigenvalue weighted by atomic mass is 9.93. The van der Waals surface area contributed by atoms with E-state index in [1.807, 2.05) is 0 Å². The van der Waals surface area contributed by atoms with Gasteiger partial charge in [-0.3, -0.25) is 4.98 Å². The maximum atomic E-state index is 12.3. The molecule has 0 aliphatic carbocycles. The molecule has 1 nitrogen and oxygen atoms in total. The van der Waals surface area contributed by atoms with Gasteiger partial charge in [-0.25, -0.2) is 0 Å². The fourth-order valence-electron chi connectivity index (χ4n) is 1.23. The number of hydrogen-bond acceptors (Lipinski definition) is 1. The number of aromatic nitrogens is 1. The van der Waals surface area contributed by atoms with Gasteiger partial charge in [-0.15, -0.1) is 0 Å². The molecule has 0 spiro atoms. The summed E-state index contributed by atoms with van der Waals surface area (Å²) in [6.45, 7) is 2.97. The van der Waals surface area contributed by atoms with E-state index in [-0.39, 0.29) is 5.56 Å². The van der Waals surface area contributed by atoms with Crippen molar-refractivity contribution in [3.05, 3.63) is 22.9 Å². The minimum Gasteiger partial charge on any atom is -0.269 e. The first kappa shape index (κ1) is 10.1. The molecule has 0 saturated carbocycles. The van der Waals surface area contributed by atoms with E-state index < -0.39 is 17.3 Å². The Morgan fingerprint density at radius 1 is 1.31 bits per heavy atom. The van der Waals surface area contributed by atoms with Crippen molar-refractivity contribution in [2.24, 2.45) is 0 Å². The van der Waals surface area contributed by atoms with Gasteiger partial charge in [-0.05, 0) is 25.5 Å². The third-order valence-corrected chi connectivity index (χ3v) is 1.66. The number of nitrogens with zero attached hydrogens (tertiary/aromatic N) is 1. The van der Waals surface area contributed by atoms with E-state index in [1.165, 1.54) is 13.0 Å². The maximum absolute atomic E-state index is 12.3. The topological polar surface area (TPSA) is 12.9 Å². The number of aryl methyl sites for hydroxylation is 2. The summed E-state index contributed by atoms with van der Waals surface area (Å²) >= 11 is 0. The second-order valence-corrected chi connectivity index (χ2v) is 2.84. The predicted molar refractivity (Wildman–Crippen MR) is 44.1 cm³/mol. The summed E-state index contributed by atoms with van der Waals surface area (Å²) in [6.07, 6.45) is -4.42. The minimum atomic E-state index is -4.42. The van der Waals surface area contributed by atoms with E-state index in [0.717, 1.165) is 0 Å². The molecule has 5 heteroatoms. The normalized spacial score (nSPS) is 11.8. The lowest BCUT2D eigenvalue weighted by Crippen LogP contribution is -2.25. The first-order valence-corrected chi connectivity index (χ1v) is 3.63. The van der Waals surface area contributed by atoms with Crippen molar-refractivity contribution in [3.63, 3.8) is 0 Å². The Balaban J connectivity index is 3.38. The molecule has 1 rings (SSSR count). The summed E-state index contributed by atoms with van der Waals surface area (Å²) in [7, 11) is 5.18. The van der Waals surface area contributed by atoms with Crippen molar-refractivity contribution < 1.29 is 13.2 Å². The van der Waals surface area contributed by atoms with Crippen LogP contribution in [0.25, 0.3) is 0 Å². The van der Waals surface area contributed by atoms with Gasteiger partial charge in [0.25, 0.3) is 0 Å². The Bertz CT molecular complexity index is 310. The highest BCUT2D eigenvalue weighted by Gasteiger charge is 2.34. The third-order valence-electron chi connectivity index (χ3n) is 1.66. The number of rotatable bonds is 0. The number of pyridine rings is 1. The van der Waals surface area contributed by atoms with Crippen LogP contribution in [0.4, 0.5) is 13.2 Å². The number of alkyl halides is 3. The van der Waals surface area contributed by atoms with Crippen LogP contribution in [0.3, 0.4) is 0 Å². The van der Waals surface area contributed by atoms with Crippen LogP contribution in [-0.2, 0) is 6.18 Å². The van der Waals surface area contributed by atoms with Gasteiger partial charge in [0.15, 0.2) is 0 Å². The van der Waals surface area contributed by atoms with Gasteiger partial charge >= 0.3 is 6.18 Å². The molecule has 0 atom stereocenters. The van der Waals surface area contributed by atoms with E-state index in [9.17, 15) is 13.2 Å². The summed E-state index contributed by atoms with van der Waals surface area (Å²) in [5.41, 5.74) is -0.691.